The van der Waals surface area contributed by atoms with Gasteiger partial charge in [0.2, 0.25) is 5.91 Å². The molecule has 3 unspecified atom stereocenters. The summed E-state index contributed by atoms with van der Waals surface area (Å²) in [5.41, 5.74) is 0.725. The maximum Gasteiger partial charge on any atom is 0.269 e. The first-order chi connectivity index (χ1) is 10.0. The third-order valence-electron chi connectivity index (χ3n) is 3.73. The molecule has 0 aromatic heterocycles. The molecule has 1 aromatic rings. The van der Waals surface area contributed by atoms with Gasteiger partial charge in [0.05, 0.1) is 30.1 Å². The van der Waals surface area contributed by atoms with Gasteiger partial charge in [-0.25, -0.2) is 0 Å². The highest BCUT2D eigenvalue weighted by atomic mass is 16.6. The molecule has 0 aliphatic carbocycles. The van der Waals surface area contributed by atoms with Crippen molar-refractivity contribution < 1.29 is 14.5 Å². The number of nitro groups is 1. The lowest BCUT2D eigenvalue weighted by Crippen LogP contribution is -2.43. The van der Waals surface area contributed by atoms with Crippen LogP contribution in [0.4, 0.5) is 5.69 Å². The van der Waals surface area contributed by atoms with Crippen LogP contribution in [0.15, 0.2) is 24.3 Å². The fraction of sp³-hybridized carbons (Fsp3) is 0.500. The van der Waals surface area contributed by atoms with E-state index in [-0.39, 0.29) is 29.6 Å². The molecule has 1 aliphatic rings. The smallest absolute Gasteiger partial charge is 0.269 e. The van der Waals surface area contributed by atoms with Crippen LogP contribution in [0.25, 0.3) is 0 Å². The standard InChI is InChI=1S/C14H19N3O4/c1-9(10-4-3-5-11(6-10)17(19)20)16-14(18)12-7-21-8-13(12)15-2/h3-6,9,12-13,15H,7-8H2,1-2H3,(H,16,18). The number of carbonyl (C=O) groups excluding carboxylic acids is 1. The molecule has 21 heavy (non-hydrogen) atoms. The maximum absolute atomic E-state index is 12.3. The minimum atomic E-state index is -0.445. The number of nitro benzene ring substituents is 1. The molecule has 0 radical (unpaired) electrons. The van der Waals surface area contributed by atoms with Gasteiger partial charge in [-0.1, -0.05) is 12.1 Å². The average molecular weight is 293 g/mol. The summed E-state index contributed by atoms with van der Waals surface area (Å²) in [6.07, 6.45) is 0. The van der Waals surface area contributed by atoms with Crippen LogP contribution in [0.2, 0.25) is 0 Å². The van der Waals surface area contributed by atoms with Crippen molar-refractivity contribution in [1.29, 1.82) is 0 Å². The van der Waals surface area contributed by atoms with Crippen LogP contribution in [0, 0.1) is 16.0 Å². The van der Waals surface area contributed by atoms with Crippen molar-refractivity contribution in [1.82, 2.24) is 10.6 Å². The summed E-state index contributed by atoms with van der Waals surface area (Å²) in [5, 5.41) is 16.7. The van der Waals surface area contributed by atoms with Crippen LogP contribution < -0.4 is 10.6 Å². The van der Waals surface area contributed by atoms with E-state index in [1.807, 2.05) is 0 Å². The lowest BCUT2D eigenvalue weighted by atomic mass is 10.0. The molecular weight excluding hydrogens is 274 g/mol. The van der Waals surface area contributed by atoms with E-state index in [1.165, 1.54) is 12.1 Å². The molecular formula is C14H19N3O4. The van der Waals surface area contributed by atoms with Crippen molar-refractivity contribution in [2.24, 2.45) is 5.92 Å². The predicted octanol–water partition coefficient (Wildman–Crippen LogP) is 1.01. The molecule has 1 aromatic carbocycles. The van der Waals surface area contributed by atoms with Crippen LogP contribution in [0.3, 0.4) is 0 Å². The maximum atomic E-state index is 12.3. The molecule has 2 rings (SSSR count). The van der Waals surface area contributed by atoms with Crippen molar-refractivity contribution in [3.63, 3.8) is 0 Å². The number of nitrogens with one attached hydrogen (secondary N) is 2. The van der Waals surface area contributed by atoms with Gasteiger partial charge in [-0.2, -0.15) is 0 Å². The number of nitrogens with zero attached hydrogens (tertiary/aromatic N) is 1. The Morgan fingerprint density at radius 2 is 2.24 bits per heavy atom. The monoisotopic (exact) mass is 293 g/mol. The molecule has 3 atom stereocenters. The summed E-state index contributed by atoms with van der Waals surface area (Å²) in [6.45, 7) is 2.71. The van der Waals surface area contributed by atoms with Crippen LogP contribution in [0.1, 0.15) is 18.5 Å². The minimum absolute atomic E-state index is 0.00214. The topological polar surface area (TPSA) is 93.5 Å². The van der Waals surface area contributed by atoms with E-state index < -0.39 is 4.92 Å². The quantitative estimate of drug-likeness (QED) is 0.624. The van der Waals surface area contributed by atoms with E-state index in [0.29, 0.717) is 18.8 Å². The Hall–Kier alpha value is -1.99. The molecule has 0 saturated carbocycles. The summed E-state index contributed by atoms with van der Waals surface area (Å²) in [4.78, 5) is 22.6. The van der Waals surface area contributed by atoms with E-state index in [1.54, 1.807) is 26.1 Å². The van der Waals surface area contributed by atoms with Gasteiger partial charge in [0.15, 0.2) is 0 Å². The molecule has 1 fully saturated rings. The number of amides is 1. The number of likely N-dealkylation sites (N-methyl/N-ethyl adjacent to an activating group) is 1. The van der Waals surface area contributed by atoms with Crippen LogP contribution in [-0.2, 0) is 9.53 Å². The minimum Gasteiger partial charge on any atom is -0.379 e. The molecule has 1 aliphatic heterocycles. The Kier molecular flexibility index (Phi) is 4.87. The van der Waals surface area contributed by atoms with E-state index in [2.05, 4.69) is 10.6 Å². The molecule has 7 heteroatoms. The summed E-state index contributed by atoms with van der Waals surface area (Å²) in [7, 11) is 1.80. The SMILES string of the molecule is CNC1COCC1C(=O)NC(C)c1cccc([N+](=O)[O-])c1. The number of carbonyl (C=O) groups is 1. The van der Waals surface area contributed by atoms with E-state index in [0.717, 1.165) is 0 Å². The molecule has 1 saturated heterocycles. The normalized spacial score (nSPS) is 22.8. The first-order valence-electron chi connectivity index (χ1n) is 6.82. The van der Waals surface area contributed by atoms with E-state index in [9.17, 15) is 14.9 Å². The average Bonchev–Trinajstić information content (AvgIpc) is 2.95. The van der Waals surface area contributed by atoms with Crippen molar-refractivity contribution in [3.8, 4) is 0 Å². The van der Waals surface area contributed by atoms with Gasteiger partial charge in [0.1, 0.15) is 0 Å². The second kappa shape index (κ2) is 6.64. The number of rotatable bonds is 5. The molecule has 114 valence electrons. The van der Waals surface area contributed by atoms with Gasteiger partial charge < -0.3 is 15.4 Å². The van der Waals surface area contributed by atoms with Gasteiger partial charge in [0.25, 0.3) is 5.69 Å². The van der Waals surface area contributed by atoms with Crippen molar-refractivity contribution >= 4 is 11.6 Å². The first kappa shape index (κ1) is 15.4. The summed E-state index contributed by atoms with van der Waals surface area (Å²) in [6, 6.07) is 5.99. The first-order valence-corrected chi connectivity index (χ1v) is 6.82. The van der Waals surface area contributed by atoms with Gasteiger partial charge in [-0.05, 0) is 19.5 Å². The third kappa shape index (κ3) is 3.56. The Morgan fingerprint density at radius 3 is 2.90 bits per heavy atom. The summed E-state index contributed by atoms with van der Waals surface area (Å²) >= 11 is 0. The number of hydrogen-bond acceptors (Lipinski definition) is 5. The Balaban J connectivity index is 2.03. The van der Waals surface area contributed by atoms with Gasteiger partial charge >= 0.3 is 0 Å². The molecule has 1 heterocycles. The van der Waals surface area contributed by atoms with Crippen LogP contribution >= 0.6 is 0 Å². The number of ether oxygens (including phenoxy) is 1. The van der Waals surface area contributed by atoms with E-state index in [4.69, 9.17) is 4.74 Å². The Labute approximate surface area is 122 Å². The fourth-order valence-corrected chi connectivity index (χ4v) is 2.41. The zero-order chi connectivity index (χ0) is 15.4. The molecule has 0 spiro atoms. The number of hydrogen-bond donors (Lipinski definition) is 2. The highest BCUT2D eigenvalue weighted by molar-refractivity contribution is 5.80. The highest BCUT2D eigenvalue weighted by Crippen LogP contribution is 2.20. The van der Waals surface area contributed by atoms with Gasteiger partial charge in [-0.3, -0.25) is 14.9 Å². The Bertz CT molecular complexity index is 535. The van der Waals surface area contributed by atoms with E-state index >= 15 is 0 Å². The van der Waals surface area contributed by atoms with Crippen molar-refractivity contribution in [2.75, 3.05) is 20.3 Å². The summed E-state index contributed by atoms with van der Waals surface area (Å²) in [5.74, 6) is -0.345. The number of benzene rings is 1. The largest absolute Gasteiger partial charge is 0.379 e. The lowest BCUT2D eigenvalue weighted by molar-refractivity contribution is -0.384. The van der Waals surface area contributed by atoms with Crippen molar-refractivity contribution in [2.45, 2.75) is 19.0 Å². The second-order valence-electron chi connectivity index (χ2n) is 5.12. The van der Waals surface area contributed by atoms with Crippen molar-refractivity contribution in [3.05, 3.63) is 39.9 Å². The Morgan fingerprint density at radius 1 is 1.48 bits per heavy atom. The number of non-ortho nitro benzene ring substituents is 1. The molecule has 0 bridgehead atoms. The highest BCUT2D eigenvalue weighted by Gasteiger charge is 2.33. The zero-order valence-corrected chi connectivity index (χ0v) is 12.0. The lowest BCUT2D eigenvalue weighted by Gasteiger charge is -2.20. The summed E-state index contributed by atoms with van der Waals surface area (Å²) < 4.78 is 5.31. The predicted molar refractivity (Wildman–Crippen MR) is 76.8 cm³/mol. The van der Waals surface area contributed by atoms with Crippen LogP contribution in [-0.4, -0.2) is 37.1 Å². The second-order valence-corrected chi connectivity index (χ2v) is 5.12. The fourth-order valence-electron chi connectivity index (χ4n) is 2.41. The van der Waals surface area contributed by atoms with Gasteiger partial charge in [0, 0.05) is 18.2 Å². The molecule has 2 N–H and O–H groups in total. The third-order valence-corrected chi connectivity index (χ3v) is 3.73. The molecule has 1 amide bonds. The molecule has 7 nitrogen and oxygen atoms in total. The zero-order valence-electron chi connectivity index (χ0n) is 12.0. The van der Waals surface area contributed by atoms with Crippen LogP contribution in [0.5, 0.6) is 0 Å². The van der Waals surface area contributed by atoms with Gasteiger partial charge in [-0.15, -0.1) is 0 Å².